The summed E-state index contributed by atoms with van der Waals surface area (Å²) in [6, 6.07) is 0. The van der Waals surface area contributed by atoms with Gasteiger partial charge in [0.2, 0.25) is 0 Å². The van der Waals surface area contributed by atoms with Crippen molar-refractivity contribution in [2.75, 3.05) is 0 Å². The van der Waals surface area contributed by atoms with Crippen LogP contribution in [0.5, 0.6) is 0 Å². The Hall–Kier alpha value is -0.860. The molecule has 0 bridgehead atoms. The molecule has 19 heavy (non-hydrogen) atoms. The number of carbonyl (C=O) groups excluding carboxylic acids is 1. The van der Waals surface area contributed by atoms with Crippen molar-refractivity contribution in [3.8, 4) is 0 Å². The Balaban J connectivity index is 3.85. The maximum Gasteiger partial charge on any atom is 0.306 e. The monoisotopic (exact) mass is 270 g/mol. The van der Waals surface area contributed by atoms with Crippen LogP contribution in [-0.4, -0.2) is 16.9 Å². The number of carbonyl (C=O) groups is 2. The van der Waals surface area contributed by atoms with Gasteiger partial charge in [-0.15, -0.1) is 0 Å². The summed E-state index contributed by atoms with van der Waals surface area (Å²) >= 11 is 0. The molecule has 0 spiro atoms. The second kappa shape index (κ2) is 12.2. The standard InChI is InChI=1S/C16H30O3/c1-3-5-7-9-11-14(16(18)19)13-15(17)12-10-8-6-4-2/h14H,3-13H2,1-2H3,(H,18,19). The van der Waals surface area contributed by atoms with Gasteiger partial charge < -0.3 is 5.11 Å². The van der Waals surface area contributed by atoms with Gasteiger partial charge >= 0.3 is 5.97 Å². The first kappa shape index (κ1) is 18.1. The van der Waals surface area contributed by atoms with Gasteiger partial charge in [-0.25, -0.2) is 0 Å². The van der Waals surface area contributed by atoms with Gasteiger partial charge in [-0.05, 0) is 12.8 Å². The highest BCUT2D eigenvalue weighted by Gasteiger charge is 2.20. The molecule has 0 aliphatic heterocycles. The van der Waals surface area contributed by atoms with E-state index in [-0.39, 0.29) is 12.2 Å². The molecule has 0 aliphatic carbocycles. The molecular weight excluding hydrogens is 240 g/mol. The molecular formula is C16H30O3. The molecule has 1 atom stereocenters. The summed E-state index contributed by atoms with van der Waals surface area (Å²) in [7, 11) is 0. The quantitative estimate of drug-likeness (QED) is 0.498. The van der Waals surface area contributed by atoms with E-state index in [2.05, 4.69) is 13.8 Å². The average Bonchev–Trinajstić information content (AvgIpc) is 2.38. The molecule has 1 unspecified atom stereocenters. The van der Waals surface area contributed by atoms with E-state index in [1.807, 2.05) is 0 Å². The zero-order chi connectivity index (χ0) is 14.5. The predicted molar refractivity (Wildman–Crippen MR) is 78.3 cm³/mol. The second-order valence-electron chi connectivity index (χ2n) is 5.44. The number of aliphatic carboxylic acids is 1. The molecule has 0 fully saturated rings. The van der Waals surface area contributed by atoms with E-state index in [9.17, 15) is 9.59 Å². The number of unbranched alkanes of at least 4 members (excludes halogenated alkanes) is 6. The molecule has 3 nitrogen and oxygen atoms in total. The van der Waals surface area contributed by atoms with Crippen LogP contribution in [0.1, 0.15) is 84.5 Å². The summed E-state index contributed by atoms with van der Waals surface area (Å²) in [5, 5.41) is 9.14. The van der Waals surface area contributed by atoms with Crippen molar-refractivity contribution in [3.05, 3.63) is 0 Å². The first-order valence-electron chi connectivity index (χ1n) is 7.86. The Morgan fingerprint density at radius 2 is 1.47 bits per heavy atom. The Morgan fingerprint density at radius 1 is 0.895 bits per heavy atom. The van der Waals surface area contributed by atoms with E-state index < -0.39 is 11.9 Å². The predicted octanol–water partition coefficient (Wildman–Crippen LogP) is 4.59. The third-order valence-corrected chi connectivity index (χ3v) is 3.54. The summed E-state index contributed by atoms with van der Waals surface area (Å²) in [6.07, 6.45) is 10.0. The Morgan fingerprint density at radius 3 is 2.00 bits per heavy atom. The SMILES string of the molecule is CCCCCCC(=O)CC(CCCCCC)C(=O)O. The lowest BCUT2D eigenvalue weighted by Gasteiger charge is -2.11. The van der Waals surface area contributed by atoms with Crippen LogP contribution >= 0.6 is 0 Å². The number of hydrogen-bond donors (Lipinski definition) is 1. The molecule has 0 heterocycles. The van der Waals surface area contributed by atoms with Crippen molar-refractivity contribution in [2.45, 2.75) is 84.5 Å². The third kappa shape index (κ3) is 10.7. The maximum atomic E-state index is 11.7. The van der Waals surface area contributed by atoms with E-state index in [0.717, 1.165) is 51.4 Å². The lowest BCUT2D eigenvalue weighted by atomic mass is 9.94. The fraction of sp³-hybridized carbons (Fsp3) is 0.875. The van der Waals surface area contributed by atoms with Gasteiger partial charge in [0.05, 0.1) is 5.92 Å². The molecule has 0 aromatic carbocycles. The first-order valence-corrected chi connectivity index (χ1v) is 7.86. The van der Waals surface area contributed by atoms with Crippen LogP contribution in [-0.2, 0) is 9.59 Å². The molecule has 1 N–H and O–H groups in total. The highest BCUT2D eigenvalue weighted by Crippen LogP contribution is 2.17. The second-order valence-corrected chi connectivity index (χ2v) is 5.44. The van der Waals surface area contributed by atoms with Gasteiger partial charge in [0.15, 0.2) is 0 Å². The van der Waals surface area contributed by atoms with Crippen molar-refractivity contribution in [1.29, 1.82) is 0 Å². The van der Waals surface area contributed by atoms with Gasteiger partial charge in [-0.3, -0.25) is 9.59 Å². The minimum Gasteiger partial charge on any atom is -0.481 e. The number of Topliss-reactive ketones (excluding diaryl/α,β-unsaturated/α-hetero) is 1. The fourth-order valence-corrected chi connectivity index (χ4v) is 2.26. The van der Waals surface area contributed by atoms with E-state index in [4.69, 9.17) is 5.11 Å². The molecule has 112 valence electrons. The fourth-order valence-electron chi connectivity index (χ4n) is 2.26. The third-order valence-electron chi connectivity index (χ3n) is 3.54. The molecule has 0 saturated heterocycles. The van der Waals surface area contributed by atoms with Gasteiger partial charge in [0.1, 0.15) is 5.78 Å². The minimum atomic E-state index is -0.807. The Bertz CT molecular complexity index is 248. The van der Waals surface area contributed by atoms with Crippen LogP contribution in [0.25, 0.3) is 0 Å². The highest BCUT2D eigenvalue weighted by molar-refractivity contribution is 5.83. The summed E-state index contributed by atoms with van der Waals surface area (Å²) < 4.78 is 0. The normalized spacial score (nSPS) is 12.3. The van der Waals surface area contributed by atoms with Crippen LogP contribution in [0, 0.1) is 5.92 Å². The van der Waals surface area contributed by atoms with E-state index in [1.165, 1.54) is 0 Å². The summed E-state index contributed by atoms with van der Waals surface area (Å²) in [5.41, 5.74) is 0. The molecule has 0 amide bonds. The minimum absolute atomic E-state index is 0.124. The number of carboxylic acid groups (broad SMARTS) is 1. The molecule has 0 rings (SSSR count). The molecule has 0 aromatic rings. The van der Waals surface area contributed by atoms with Gasteiger partial charge in [0, 0.05) is 12.8 Å². The van der Waals surface area contributed by atoms with Crippen molar-refractivity contribution in [3.63, 3.8) is 0 Å². The number of hydrogen-bond acceptors (Lipinski definition) is 2. The van der Waals surface area contributed by atoms with Crippen LogP contribution in [0.15, 0.2) is 0 Å². The summed E-state index contributed by atoms with van der Waals surface area (Å²) in [4.78, 5) is 22.9. The van der Waals surface area contributed by atoms with Crippen molar-refractivity contribution < 1.29 is 14.7 Å². The smallest absolute Gasteiger partial charge is 0.306 e. The van der Waals surface area contributed by atoms with Crippen molar-refractivity contribution in [1.82, 2.24) is 0 Å². The van der Waals surface area contributed by atoms with E-state index in [1.54, 1.807) is 0 Å². The molecule has 3 heteroatoms. The lowest BCUT2D eigenvalue weighted by Crippen LogP contribution is -2.18. The highest BCUT2D eigenvalue weighted by atomic mass is 16.4. The van der Waals surface area contributed by atoms with E-state index in [0.29, 0.717) is 12.8 Å². The average molecular weight is 270 g/mol. The van der Waals surface area contributed by atoms with Crippen LogP contribution in [0.2, 0.25) is 0 Å². The first-order chi connectivity index (χ1) is 9.11. The van der Waals surface area contributed by atoms with Crippen molar-refractivity contribution >= 4 is 11.8 Å². The van der Waals surface area contributed by atoms with Crippen LogP contribution < -0.4 is 0 Å². The molecule has 0 saturated carbocycles. The van der Waals surface area contributed by atoms with Crippen LogP contribution in [0.3, 0.4) is 0 Å². The molecule has 0 aliphatic rings. The van der Waals surface area contributed by atoms with Gasteiger partial charge in [0.25, 0.3) is 0 Å². The summed E-state index contributed by atoms with van der Waals surface area (Å²) in [5.74, 6) is -1.15. The topological polar surface area (TPSA) is 54.4 Å². The maximum absolute atomic E-state index is 11.7. The van der Waals surface area contributed by atoms with Crippen LogP contribution in [0.4, 0.5) is 0 Å². The molecule has 0 aromatic heterocycles. The lowest BCUT2D eigenvalue weighted by molar-refractivity contribution is -0.144. The Kier molecular flexibility index (Phi) is 11.6. The number of ketones is 1. The van der Waals surface area contributed by atoms with Crippen molar-refractivity contribution in [2.24, 2.45) is 5.92 Å². The zero-order valence-corrected chi connectivity index (χ0v) is 12.6. The number of carboxylic acids is 1. The van der Waals surface area contributed by atoms with Gasteiger partial charge in [-0.1, -0.05) is 58.8 Å². The number of rotatable bonds is 13. The van der Waals surface area contributed by atoms with Gasteiger partial charge in [-0.2, -0.15) is 0 Å². The Labute approximate surface area is 117 Å². The zero-order valence-electron chi connectivity index (χ0n) is 12.6. The molecule has 0 radical (unpaired) electrons. The summed E-state index contributed by atoms with van der Waals surface area (Å²) in [6.45, 7) is 4.27. The largest absolute Gasteiger partial charge is 0.481 e. The van der Waals surface area contributed by atoms with E-state index >= 15 is 0 Å².